The smallest absolute Gasteiger partial charge is 0.129 e. The number of rotatable bonds is 4. The molecule has 1 saturated heterocycles. The first kappa shape index (κ1) is 14.2. The molecule has 0 radical (unpaired) electrons. The second kappa shape index (κ2) is 5.95. The van der Waals surface area contributed by atoms with Crippen LogP contribution in [0.3, 0.4) is 0 Å². The lowest BCUT2D eigenvalue weighted by Crippen LogP contribution is -2.28. The quantitative estimate of drug-likeness (QED) is 0.940. The number of hydrogen-bond donors (Lipinski definition) is 1. The van der Waals surface area contributed by atoms with Crippen LogP contribution in [-0.2, 0) is 7.05 Å². The second-order valence-corrected chi connectivity index (χ2v) is 5.64. The Bertz CT molecular complexity index is 613. The summed E-state index contributed by atoms with van der Waals surface area (Å²) >= 11 is 0. The van der Waals surface area contributed by atoms with Crippen molar-refractivity contribution in [1.29, 1.82) is 0 Å². The minimum Gasteiger partial charge on any atom is -0.387 e. The molecule has 1 N–H and O–H groups in total. The number of benzene rings is 1. The minimum atomic E-state index is -0.802. The molecule has 112 valence electrons. The van der Waals surface area contributed by atoms with E-state index < -0.39 is 6.10 Å². The Morgan fingerprint density at radius 3 is 2.95 bits per heavy atom. The van der Waals surface area contributed by atoms with E-state index in [4.69, 9.17) is 0 Å². The van der Waals surface area contributed by atoms with Crippen LogP contribution in [0.4, 0.5) is 4.39 Å². The maximum absolute atomic E-state index is 13.7. The summed E-state index contributed by atoms with van der Waals surface area (Å²) in [7, 11) is 1.90. The molecule has 0 amide bonds. The molecule has 2 heterocycles. The third-order valence-electron chi connectivity index (χ3n) is 4.14. The molecule has 4 nitrogen and oxygen atoms in total. The maximum Gasteiger partial charge on any atom is 0.129 e. The van der Waals surface area contributed by atoms with E-state index in [1.165, 1.54) is 6.07 Å². The molecule has 0 unspecified atom stereocenters. The van der Waals surface area contributed by atoms with Crippen molar-refractivity contribution in [3.05, 3.63) is 53.6 Å². The van der Waals surface area contributed by atoms with Gasteiger partial charge < -0.3 is 5.11 Å². The summed E-state index contributed by atoms with van der Waals surface area (Å²) in [5, 5.41) is 14.5. The van der Waals surface area contributed by atoms with Gasteiger partial charge in [-0.25, -0.2) is 4.39 Å². The Hall–Kier alpha value is -1.72. The van der Waals surface area contributed by atoms with Gasteiger partial charge in [-0.2, -0.15) is 5.10 Å². The third-order valence-corrected chi connectivity index (χ3v) is 4.14. The van der Waals surface area contributed by atoms with Crippen LogP contribution in [0.5, 0.6) is 0 Å². The Morgan fingerprint density at radius 2 is 2.24 bits per heavy atom. The van der Waals surface area contributed by atoms with Crippen molar-refractivity contribution < 1.29 is 9.50 Å². The molecule has 1 fully saturated rings. The van der Waals surface area contributed by atoms with Crippen molar-refractivity contribution in [2.45, 2.75) is 25.0 Å². The van der Waals surface area contributed by atoms with Crippen LogP contribution < -0.4 is 0 Å². The lowest BCUT2D eigenvalue weighted by atomic mass is 10.1. The molecule has 3 rings (SSSR count). The van der Waals surface area contributed by atoms with Crippen LogP contribution in [-0.4, -0.2) is 32.9 Å². The van der Waals surface area contributed by atoms with Gasteiger partial charge in [0, 0.05) is 37.0 Å². The topological polar surface area (TPSA) is 41.3 Å². The molecule has 0 spiro atoms. The van der Waals surface area contributed by atoms with Gasteiger partial charge in [0.25, 0.3) is 0 Å². The summed E-state index contributed by atoms with van der Waals surface area (Å²) < 4.78 is 15.5. The van der Waals surface area contributed by atoms with E-state index in [0.29, 0.717) is 12.1 Å². The summed E-state index contributed by atoms with van der Waals surface area (Å²) in [6.07, 6.45) is 5.22. The minimum absolute atomic E-state index is 0.264. The van der Waals surface area contributed by atoms with Crippen molar-refractivity contribution in [2.24, 2.45) is 7.05 Å². The molecular weight excluding hydrogens is 269 g/mol. The number of aliphatic hydroxyl groups is 1. The lowest BCUT2D eigenvalue weighted by molar-refractivity contribution is 0.103. The van der Waals surface area contributed by atoms with Gasteiger partial charge in [0.05, 0.1) is 12.3 Å². The molecule has 1 aliphatic heterocycles. The van der Waals surface area contributed by atoms with E-state index in [1.54, 1.807) is 22.9 Å². The first-order chi connectivity index (χ1) is 10.1. The maximum atomic E-state index is 13.7. The fourth-order valence-corrected chi connectivity index (χ4v) is 3.10. The Labute approximate surface area is 123 Å². The number of halogens is 1. The number of aryl methyl sites for hydroxylation is 1. The van der Waals surface area contributed by atoms with Crippen LogP contribution in [0.25, 0.3) is 0 Å². The Morgan fingerprint density at radius 1 is 1.43 bits per heavy atom. The third kappa shape index (κ3) is 2.99. The molecule has 1 aromatic carbocycles. The van der Waals surface area contributed by atoms with E-state index in [-0.39, 0.29) is 11.9 Å². The van der Waals surface area contributed by atoms with Gasteiger partial charge in [-0.05, 0) is 25.5 Å². The molecule has 2 aromatic rings. The van der Waals surface area contributed by atoms with Crippen LogP contribution in [0.2, 0.25) is 0 Å². The lowest BCUT2D eigenvalue weighted by Gasteiger charge is -2.26. The van der Waals surface area contributed by atoms with Crippen molar-refractivity contribution in [3.8, 4) is 0 Å². The number of β-amino-alcohol motifs (C(OH)–C–C–N with tert-alkyl or cyclic N) is 1. The summed E-state index contributed by atoms with van der Waals surface area (Å²) in [5.41, 5.74) is 1.53. The summed E-state index contributed by atoms with van der Waals surface area (Å²) in [4.78, 5) is 2.22. The zero-order valence-electron chi connectivity index (χ0n) is 12.1. The van der Waals surface area contributed by atoms with E-state index in [0.717, 1.165) is 24.9 Å². The number of aromatic nitrogens is 2. The summed E-state index contributed by atoms with van der Waals surface area (Å²) in [6, 6.07) is 6.69. The van der Waals surface area contributed by atoms with Gasteiger partial charge in [-0.3, -0.25) is 9.58 Å². The first-order valence-electron chi connectivity index (χ1n) is 7.30. The van der Waals surface area contributed by atoms with E-state index in [2.05, 4.69) is 10.00 Å². The largest absolute Gasteiger partial charge is 0.387 e. The zero-order chi connectivity index (χ0) is 14.8. The van der Waals surface area contributed by atoms with Crippen molar-refractivity contribution in [2.75, 3.05) is 13.1 Å². The Balaban J connectivity index is 1.73. The highest BCUT2D eigenvalue weighted by Gasteiger charge is 2.29. The highest BCUT2D eigenvalue weighted by Crippen LogP contribution is 2.33. The van der Waals surface area contributed by atoms with Gasteiger partial charge in [0.2, 0.25) is 0 Å². The average Bonchev–Trinajstić information content (AvgIpc) is 3.08. The molecule has 5 heteroatoms. The number of likely N-dealkylation sites (tertiary alicyclic amines) is 1. The van der Waals surface area contributed by atoms with Gasteiger partial charge in [0.1, 0.15) is 5.82 Å². The van der Waals surface area contributed by atoms with Gasteiger partial charge in [-0.15, -0.1) is 0 Å². The second-order valence-electron chi connectivity index (χ2n) is 5.64. The van der Waals surface area contributed by atoms with E-state index in [9.17, 15) is 9.50 Å². The SMILES string of the molecule is Cn1cc([C@H]2CCCN2C[C@@H](O)c2ccccc2F)cn1. The fraction of sp³-hybridized carbons (Fsp3) is 0.438. The molecule has 0 saturated carbocycles. The molecule has 1 aromatic heterocycles. The molecular formula is C16H20FN3O. The highest BCUT2D eigenvalue weighted by molar-refractivity contribution is 5.20. The molecule has 1 aliphatic rings. The van der Waals surface area contributed by atoms with Crippen LogP contribution in [0.15, 0.2) is 36.7 Å². The van der Waals surface area contributed by atoms with Gasteiger partial charge >= 0.3 is 0 Å². The first-order valence-corrected chi connectivity index (χ1v) is 7.30. The Kier molecular flexibility index (Phi) is 4.03. The van der Waals surface area contributed by atoms with E-state index >= 15 is 0 Å². The number of hydrogen-bond acceptors (Lipinski definition) is 3. The fourth-order valence-electron chi connectivity index (χ4n) is 3.10. The predicted octanol–water partition coefficient (Wildman–Crippen LogP) is 2.43. The monoisotopic (exact) mass is 289 g/mol. The molecule has 0 aliphatic carbocycles. The van der Waals surface area contributed by atoms with Crippen molar-refractivity contribution in [1.82, 2.24) is 14.7 Å². The normalized spacial score (nSPS) is 20.8. The summed E-state index contributed by atoms with van der Waals surface area (Å²) in [5.74, 6) is -0.345. The van der Waals surface area contributed by atoms with Crippen LogP contribution >= 0.6 is 0 Å². The number of nitrogens with zero attached hydrogens (tertiary/aromatic N) is 3. The van der Waals surface area contributed by atoms with E-state index in [1.807, 2.05) is 19.4 Å². The standard InChI is InChI=1S/C16H20FN3O/c1-19-10-12(9-18-19)15-7-4-8-20(15)11-16(21)13-5-2-3-6-14(13)17/h2-3,5-6,9-10,15-16,21H,4,7-8,11H2,1H3/t15-,16-/m1/s1. The molecule has 0 bridgehead atoms. The van der Waals surface area contributed by atoms with Gasteiger partial charge in [-0.1, -0.05) is 18.2 Å². The number of aliphatic hydroxyl groups excluding tert-OH is 1. The molecule has 2 atom stereocenters. The molecule has 21 heavy (non-hydrogen) atoms. The highest BCUT2D eigenvalue weighted by atomic mass is 19.1. The van der Waals surface area contributed by atoms with Crippen molar-refractivity contribution >= 4 is 0 Å². The predicted molar refractivity (Wildman–Crippen MR) is 78.1 cm³/mol. The van der Waals surface area contributed by atoms with Crippen LogP contribution in [0, 0.1) is 5.82 Å². The summed E-state index contributed by atoms with van der Waals surface area (Å²) in [6.45, 7) is 1.37. The zero-order valence-corrected chi connectivity index (χ0v) is 12.1. The average molecular weight is 289 g/mol. The van der Waals surface area contributed by atoms with Crippen molar-refractivity contribution in [3.63, 3.8) is 0 Å². The van der Waals surface area contributed by atoms with Gasteiger partial charge in [0.15, 0.2) is 0 Å². The van der Waals surface area contributed by atoms with Crippen LogP contribution in [0.1, 0.15) is 36.1 Å².